The van der Waals surface area contributed by atoms with Crippen molar-refractivity contribution in [2.24, 2.45) is 16.8 Å². The van der Waals surface area contributed by atoms with E-state index in [4.69, 9.17) is 9.73 Å². The number of halogens is 1. The Bertz CT molecular complexity index is 707. The van der Waals surface area contributed by atoms with Crippen LogP contribution >= 0.6 is 24.0 Å². The summed E-state index contributed by atoms with van der Waals surface area (Å²) in [5.74, 6) is 2.04. The largest absolute Gasteiger partial charge is 0.376 e. The Hall–Kier alpha value is -1.61. The summed E-state index contributed by atoms with van der Waals surface area (Å²) in [5.41, 5.74) is 1.23. The van der Waals surface area contributed by atoms with Crippen molar-refractivity contribution in [1.29, 1.82) is 0 Å². The van der Waals surface area contributed by atoms with Crippen LogP contribution < -0.4 is 5.32 Å². The second kappa shape index (κ2) is 12.8. The van der Waals surface area contributed by atoms with Gasteiger partial charge in [0.15, 0.2) is 5.96 Å². The van der Waals surface area contributed by atoms with Crippen LogP contribution in [0.4, 0.5) is 0 Å². The summed E-state index contributed by atoms with van der Waals surface area (Å²) in [6.07, 6.45) is 4.98. The molecule has 6 nitrogen and oxygen atoms in total. The maximum absolute atomic E-state index is 5.95. The Labute approximate surface area is 191 Å². The zero-order valence-corrected chi connectivity index (χ0v) is 19.9. The Kier molecular flexibility index (Phi) is 10.5. The molecule has 1 aromatic carbocycles. The molecular weight excluding hydrogens is 477 g/mol. The average Bonchev–Trinajstić information content (AvgIpc) is 3.38. The summed E-state index contributed by atoms with van der Waals surface area (Å²) in [6.45, 7) is 10.5. The summed E-state index contributed by atoms with van der Waals surface area (Å²) in [5, 5.41) is 7.74. The van der Waals surface area contributed by atoms with Crippen LogP contribution in [0.5, 0.6) is 0 Å². The molecule has 1 aliphatic heterocycles. The lowest BCUT2D eigenvalue weighted by Crippen LogP contribution is -2.40. The van der Waals surface area contributed by atoms with Crippen molar-refractivity contribution in [3.8, 4) is 0 Å². The van der Waals surface area contributed by atoms with Crippen LogP contribution in [0.1, 0.15) is 25.8 Å². The van der Waals surface area contributed by atoms with Gasteiger partial charge in [-0.1, -0.05) is 37.3 Å². The van der Waals surface area contributed by atoms with E-state index in [0.29, 0.717) is 18.4 Å². The highest BCUT2D eigenvalue weighted by Crippen LogP contribution is 2.17. The molecule has 29 heavy (non-hydrogen) atoms. The third kappa shape index (κ3) is 7.97. The van der Waals surface area contributed by atoms with Crippen molar-refractivity contribution in [2.45, 2.75) is 33.4 Å². The highest BCUT2D eigenvalue weighted by atomic mass is 127. The quantitative estimate of drug-likeness (QED) is 0.318. The summed E-state index contributed by atoms with van der Waals surface area (Å²) in [7, 11) is 0. The first-order valence-corrected chi connectivity index (χ1v) is 10.4. The standard InChI is InChI=1S/C22H33N5O.HI/c1-3-23-22(24-14-19(2)15-27-12-7-11-25-27)26-13-10-21(16-26)18-28-17-20-8-5-4-6-9-20;/h4-9,11-12,19,21H,3,10,13-18H2,1-2H3,(H,23,24);1H. The topological polar surface area (TPSA) is 54.7 Å². The van der Waals surface area contributed by atoms with E-state index in [2.05, 4.69) is 53.4 Å². The monoisotopic (exact) mass is 511 g/mol. The zero-order chi connectivity index (χ0) is 19.6. The highest BCUT2D eigenvalue weighted by Gasteiger charge is 2.25. The smallest absolute Gasteiger partial charge is 0.193 e. The Morgan fingerprint density at radius 3 is 2.86 bits per heavy atom. The van der Waals surface area contributed by atoms with E-state index < -0.39 is 0 Å². The summed E-state index contributed by atoms with van der Waals surface area (Å²) >= 11 is 0. The van der Waals surface area contributed by atoms with E-state index in [9.17, 15) is 0 Å². The van der Waals surface area contributed by atoms with Crippen molar-refractivity contribution in [2.75, 3.05) is 32.8 Å². The maximum Gasteiger partial charge on any atom is 0.193 e. The van der Waals surface area contributed by atoms with Crippen molar-refractivity contribution in [3.05, 3.63) is 54.4 Å². The molecule has 1 fully saturated rings. The van der Waals surface area contributed by atoms with Gasteiger partial charge in [-0.05, 0) is 30.9 Å². The van der Waals surface area contributed by atoms with Gasteiger partial charge in [-0.2, -0.15) is 5.10 Å². The molecular formula is C22H34IN5O. The summed E-state index contributed by atoms with van der Waals surface area (Å²) < 4.78 is 7.93. The summed E-state index contributed by atoms with van der Waals surface area (Å²) in [6, 6.07) is 12.3. The van der Waals surface area contributed by atoms with Crippen LogP contribution in [0.25, 0.3) is 0 Å². The molecule has 0 amide bonds. The van der Waals surface area contributed by atoms with Gasteiger partial charge in [0.2, 0.25) is 0 Å². The van der Waals surface area contributed by atoms with Crippen LogP contribution in [0.15, 0.2) is 53.8 Å². The van der Waals surface area contributed by atoms with E-state index in [1.807, 2.05) is 29.2 Å². The number of aromatic nitrogens is 2. The second-order valence-electron chi connectivity index (χ2n) is 7.63. The predicted octanol–water partition coefficient (Wildman–Crippen LogP) is 3.64. The number of nitrogens with zero attached hydrogens (tertiary/aromatic N) is 4. The molecule has 7 heteroatoms. The molecule has 1 aromatic heterocycles. The third-order valence-electron chi connectivity index (χ3n) is 5.00. The molecule has 2 heterocycles. The molecule has 3 rings (SSSR count). The SMILES string of the molecule is CCNC(=NCC(C)Cn1cccn1)N1CCC(COCc2ccccc2)C1.I. The fourth-order valence-corrected chi connectivity index (χ4v) is 3.53. The fourth-order valence-electron chi connectivity index (χ4n) is 3.53. The number of hydrogen-bond acceptors (Lipinski definition) is 3. The second-order valence-corrected chi connectivity index (χ2v) is 7.63. The van der Waals surface area contributed by atoms with Crippen LogP contribution in [0, 0.1) is 11.8 Å². The normalized spacial score (nSPS) is 17.8. The molecule has 0 radical (unpaired) electrons. The minimum atomic E-state index is 0. The first-order chi connectivity index (χ1) is 13.7. The van der Waals surface area contributed by atoms with Crippen molar-refractivity contribution in [1.82, 2.24) is 20.0 Å². The molecule has 160 valence electrons. The van der Waals surface area contributed by atoms with Crippen LogP contribution in [0.2, 0.25) is 0 Å². The first-order valence-electron chi connectivity index (χ1n) is 10.4. The lowest BCUT2D eigenvalue weighted by Gasteiger charge is -2.22. The van der Waals surface area contributed by atoms with E-state index in [-0.39, 0.29) is 24.0 Å². The molecule has 1 aliphatic rings. The minimum Gasteiger partial charge on any atom is -0.376 e. The molecule has 0 bridgehead atoms. The van der Waals surface area contributed by atoms with Gasteiger partial charge in [-0.3, -0.25) is 9.67 Å². The van der Waals surface area contributed by atoms with Crippen LogP contribution in [0.3, 0.4) is 0 Å². The lowest BCUT2D eigenvalue weighted by atomic mass is 10.1. The number of ether oxygens (including phenoxy) is 1. The number of nitrogens with one attached hydrogen (secondary N) is 1. The Morgan fingerprint density at radius 1 is 1.31 bits per heavy atom. The Morgan fingerprint density at radius 2 is 2.14 bits per heavy atom. The average molecular weight is 511 g/mol. The van der Waals surface area contributed by atoms with Gasteiger partial charge < -0.3 is 15.0 Å². The van der Waals surface area contributed by atoms with Gasteiger partial charge in [0, 0.05) is 51.0 Å². The van der Waals surface area contributed by atoms with Gasteiger partial charge >= 0.3 is 0 Å². The molecule has 0 spiro atoms. The summed E-state index contributed by atoms with van der Waals surface area (Å²) in [4.78, 5) is 7.26. The molecule has 0 aliphatic carbocycles. The molecule has 1 saturated heterocycles. The number of aliphatic imine (C=N–C) groups is 1. The van der Waals surface area contributed by atoms with Gasteiger partial charge in [-0.25, -0.2) is 0 Å². The maximum atomic E-state index is 5.95. The zero-order valence-electron chi connectivity index (χ0n) is 17.5. The van der Waals surface area contributed by atoms with Gasteiger partial charge in [0.1, 0.15) is 0 Å². The van der Waals surface area contributed by atoms with E-state index >= 15 is 0 Å². The highest BCUT2D eigenvalue weighted by molar-refractivity contribution is 14.0. The van der Waals surface area contributed by atoms with E-state index in [1.54, 1.807) is 0 Å². The third-order valence-corrected chi connectivity index (χ3v) is 5.00. The molecule has 2 aromatic rings. The number of benzene rings is 1. The van der Waals surface area contributed by atoms with Crippen LogP contribution in [-0.2, 0) is 17.9 Å². The van der Waals surface area contributed by atoms with Gasteiger partial charge in [-0.15, -0.1) is 24.0 Å². The van der Waals surface area contributed by atoms with Gasteiger partial charge in [0.25, 0.3) is 0 Å². The van der Waals surface area contributed by atoms with E-state index in [1.165, 1.54) is 5.56 Å². The molecule has 1 N–H and O–H groups in total. The first kappa shape index (κ1) is 23.7. The predicted molar refractivity (Wildman–Crippen MR) is 129 cm³/mol. The molecule has 0 saturated carbocycles. The number of guanidine groups is 1. The molecule has 2 atom stereocenters. The number of hydrogen-bond donors (Lipinski definition) is 1. The number of rotatable bonds is 9. The van der Waals surface area contributed by atoms with E-state index in [0.717, 1.165) is 51.7 Å². The van der Waals surface area contributed by atoms with Crippen LogP contribution in [-0.4, -0.2) is 53.4 Å². The Balaban J connectivity index is 0.00000300. The van der Waals surface area contributed by atoms with Crippen molar-refractivity contribution in [3.63, 3.8) is 0 Å². The van der Waals surface area contributed by atoms with Crippen molar-refractivity contribution >= 4 is 29.9 Å². The fraction of sp³-hybridized carbons (Fsp3) is 0.545. The van der Waals surface area contributed by atoms with Gasteiger partial charge in [0.05, 0.1) is 13.2 Å². The number of likely N-dealkylation sites (tertiary alicyclic amines) is 1. The lowest BCUT2D eigenvalue weighted by molar-refractivity contribution is 0.0906. The molecule has 2 unspecified atom stereocenters. The van der Waals surface area contributed by atoms with Crippen molar-refractivity contribution < 1.29 is 4.74 Å². The minimum absolute atomic E-state index is 0.